The van der Waals surface area contributed by atoms with Gasteiger partial charge in [0.1, 0.15) is 11.9 Å². The van der Waals surface area contributed by atoms with E-state index in [0.717, 1.165) is 30.0 Å². The number of methoxy groups -OCH3 is 1. The van der Waals surface area contributed by atoms with E-state index < -0.39 is 0 Å². The van der Waals surface area contributed by atoms with Crippen LogP contribution in [0.15, 0.2) is 36.7 Å². The Morgan fingerprint density at radius 3 is 2.79 bits per heavy atom. The molecule has 0 saturated carbocycles. The standard InChI is InChI=1S/C20H27N5O3/c1-24(2)18-12-21-13-19(23-18)28-17-9-11-25(14-17)20(26)22-10-8-15-4-6-16(27-3)7-5-15/h4-7,12-13,17H,8-11,14H2,1-3H3,(H,22,26). The van der Waals surface area contributed by atoms with Crippen molar-refractivity contribution in [2.45, 2.75) is 18.9 Å². The minimum absolute atomic E-state index is 0.0623. The fourth-order valence-corrected chi connectivity index (χ4v) is 3.01. The van der Waals surface area contributed by atoms with Gasteiger partial charge in [0.25, 0.3) is 0 Å². The third kappa shape index (κ3) is 5.25. The Kier molecular flexibility index (Phi) is 6.52. The number of nitrogens with one attached hydrogen (secondary N) is 1. The number of aromatic nitrogens is 2. The Morgan fingerprint density at radius 2 is 2.07 bits per heavy atom. The molecule has 1 fully saturated rings. The normalized spacial score (nSPS) is 16.0. The number of likely N-dealkylation sites (tertiary alicyclic amines) is 1. The number of anilines is 1. The summed E-state index contributed by atoms with van der Waals surface area (Å²) in [5.41, 5.74) is 1.16. The minimum atomic E-state index is -0.0703. The van der Waals surface area contributed by atoms with E-state index in [1.165, 1.54) is 0 Å². The lowest BCUT2D eigenvalue weighted by molar-refractivity contribution is 0.183. The molecule has 28 heavy (non-hydrogen) atoms. The van der Waals surface area contributed by atoms with Gasteiger partial charge >= 0.3 is 6.03 Å². The average molecular weight is 385 g/mol. The summed E-state index contributed by atoms with van der Waals surface area (Å²) in [6, 6.07) is 7.80. The second-order valence-electron chi connectivity index (χ2n) is 6.91. The van der Waals surface area contributed by atoms with Crippen molar-refractivity contribution < 1.29 is 14.3 Å². The fourth-order valence-electron chi connectivity index (χ4n) is 3.01. The second-order valence-corrected chi connectivity index (χ2v) is 6.91. The predicted octanol–water partition coefficient (Wildman–Crippen LogP) is 1.96. The molecule has 8 nitrogen and oxygen atoms in total. The number of nitrogens with zero attached hydrogens (tertiary/aromatic N) is 4. The first-order chi connectivity index (χ1) is 13.5. The first-order valence-corrected chi connectivity index (χ1v) is 9.37. The van der Waals surface area contributed by atoms with Crippen LogP contribution in [0.3, 0.4) is 0 Å². The molecule has 0 aliphatic carbocycles. The molecule has 1 saturated heterocycles. The van der Waals surface area contributed by atoms with Crippen LogP contribution in [-0.4, -0.2) is 67.8 Å². The minimum Gasteiger partial charge on any atom is -0.497 e. The average Bonchev–Trinajstić information content (AvgIpc) is 3.17. The summed E-state index contributed by atoms with van der Waals surface area (Å²) in [5, 5.41) is 2.98. The number of hydrogen-bond donors (Lipinski definition) is 1. The van der Waals surface area contributed by atoms with Crippen molar-refractivity contribution in [3.05, 3.63) is 42.2 Å². The van der Waals surface area contributed by atoms with E-state index in [-0.39, 0.29) is 12.1 Å². The van der Waals surface area contributed by atoms with Crippen LogP contribution < -0.4 is 19.7 Å². The van der Waals surface area contributed by atoms with E-state index in [1.54, 1.807) is 24.4 Å². The molecule has 2 amide bonds. The van der Waals surface area contributed by atoms with Crippen LogP contribution in [0.25, 0.3) is 0 Å². The fraction of sp³-hybridized carbons (Fsp3) is 0.450. The van der Waals surface area contributed by atoms with Gasteiger partial charge in [-0.2, -0.15) is 4.98 Å². The Bertz CT molecular complexity index is 782. The summed E-state index contributed by atoms with van der Waals surface area (Å²) in [6.07, 6.45) is 4.77. The van der Waals surface area contributed by atoms with Crippen molar-refractivity contribution in [3.63, 3.8) is 0 Å². The highest BCUT2D eigenvalue weighted by molar-refractivity contribution is 5.74. The van der Waals surface area contributed by atoms with Gasteiger partial charge in [-0.25, -0.2) is 4.79 Å². The van der Waals surface area contributed by atoms with E-state index in [1.807, 2.05) is 43.3 Å². The van der Waals surface area contributed by atoms with E-state index in [4.69, 9.17) is 9.47 Å². The van der Waals surface area contributed by atoms with E-state index in [2.05, 4.69) is 15.3 Å². The van der Waals surface area contributed by atoms with Crippen LogP contribution in [0.1, 0.15) is 12.0 Å². The molecule has 150 valence electrons. The smallest absolute Gasteiger partial charge is 0.317 e. The van der Waals surface area contributed by atoms with Crippen molar-refractivity contribution >= 4 is 11.8 Å². The van der Waals surface area contributed by atoms with Gasteiger partial charge in [-0.15, -0.1) is 0 Å². The molecule has 1 aromatic carbocycles. The van der Waals surface area contributed by atoms with Crippen molar-refractivity contribution in [3.8, 4) is 11.6 Å². The van der Waals surface area contributed by atoms with Gasteiger partial charge in [-0.05, 0) is 24.1 Å². The lowest BCUT2D eigenvalue weighted by atomic mass is 10.1. The summed E-state index contributed by atoms with van der Waals surface area (Å²) in [5.74, 6) is 2.05. The van der Waals surface area contributed by atoms with Gasteiger partial charge in [0.05, 0.1) is 26.0 Å². The summed E-state index contributed by atoms with van der Waals surface area (Å²) >= 11 is 0. The molecule has 1 N–H and O–H groups in total. The van der Waals surface area contributed by atoms with Crippen molar-refractivity contribution in [1.82, 2.24) is 20.2 Å². The highest BCUT2D eigenvalue weighted by Gasteiger charge is 2.27. The molecule has 0 bridgehead atoms. The summed E-state index contributed by atoms with van der Waals surface area (Å²) in [6.45, 7) is 1.80. The van der Waals surface area contributed by atoms with Gasteiger partial charge in [-0.1, -0.05) is 12.1 Å². The molecule has 1 aliphatic rings. The highest BCUT2D eigenvalue weighted by atomic mass is 16.5. The number of carbonyl (C=O) groups is 1. The summed E-state index contributed by atoms with van der Waals surface area (Å²) in [4.78, 5) is 24.6. The molecular formula is C20H27N5O3. The van der Waals surface area contributed by atoms with Crippen LogP contribution in [0.2, 0.25) is 0 Å². The Balaban J connectivity index is 1.43. The van der Waals surface area contributed by atoms with Gasteiger partial charge in [0.15, 0.2) is 5.82 Å². The van der Waals surface area contributed by atoms with Crippen LogP contribution in [-0.2, 0) is 6.42 Å². The monoisotopic (exact) mass is 385 g/mol. The molecule has 1 aliphatic heterocycles. The van der Waals surface area contributed by atoms with Crippen LogP contribution in [0, 0.1) is 0 Å². The van der Waals surface area contributed by atoms with Crippen LogP contribution in [0.4, 0.5) is 10.6 Å². The summed E-state index contributed by atoms with van der Waals surface area (Å²) in [7, 11) is 5.45. The Morgan fingerprint density at radius 1 is 1.29 bits per heavy atom. The molecule has 3 rings (SSSR count). The number of urea groups is 1. The molecule has 2 heterocycles. The predicted molar refractivity (Wildman–Crippen MR) is 107 cm³/mol. The van der Waals surface area contributed by atoms with Crippen molar-refractivity contribution in [2.24, 2.45) is 0 Å². The van der Waals surface area contributed by atoms with Crippen molar-refractivity contribution in [2.75, 3.05) is 45.7 Å². The quantitative estimate of drug-likeness (QED) is 0.785. The zero-order valence-corrected chi connectivity index (χ0v) is 16.6. The maximum Gasteiger partial charge on any atom is 0.317 e. The first kappa shape index (κ1) is 19.7. The Labute approximate surface area is 165 Å². The number of amides is 2. The zero-order chi connectivity index (χ0) is 19.9. The molecule has 0 radical (unpaired) electrons. The van der Waals surface area contributed by atoms with Gasteiger partial charge in [0, 0.05) is 33.6 Å². The molecule has 0 spiro atoms. The number of rotatable bonds is 7. The number of benzene rings is 1. The van der Waals surface area contributed by atoms with E-state index in [0.29, 0.717) is 25.5 Å². The molecule has 2 aromatic rings. The Hall–Kier alpha value is -3.03. The lowest BCUT2D eigenvalue weighted by Crippen LogP contribution is -2.40. The molecule has 8 heteroatoms. The van der Waals surface area contributed by atoms with Gasteiger partial charge < -0.3 is 24.6 Å². The topological polar surface area (TPSA) is 79.8 Å². The van der Waals surface area contributed by atoms with Crippen molar-refractivity contribution in [1.29, 1.82) is 0 Å². The van der Waals surface area contributed by atoms with E-state index in [9.17, 15) is 4.79 Å². The maximum absolute atomic E-state index is 12.4. The zero-order valence-electron chi connectivity index (χ0n) is 16.6. The SMILES string of the molecule is COc1ccc(CCNC(=O)N2CCC(Oc3cncc(N(C)C)n3)C2)cc1. The van der Waals surface area contributed by atoms with Gasteiger partial charge in [0.2, 0.25) is 5.88 Å². The molecule has 1 unspecified atom stereocenters. The second kappa shape index (κ2) is 9.25. The first-order valence-electron chi connectivity index (χ1n) is 9.37. The van der Waals surface area contributed by atoms with Gasteiger partial charge in [-0.3, -0.25) is 4.98 Å². The lowest BCUT2D eigenvalue weighted by Gasteiger charge is -2.18. The molecule has 1 aromatic heterocycles. The number of carbonyl (C=O) groups excluding carboxylic acids is 1. The van der Waals surface area contributed by atoms with Crippen LogP contribution in [0.5, 0.6) is 11.6 Å². The largest absolute Gasteiger partial charge is 0.497 e. The third-order valence-corrected chi connectivity index (χ3v) is 4.63. The number of ether oxygens (including phenoxy) is 2. The third-order valence-electron chi connectivity index (χ3n) is 4.63. The van der Waals surface area contributed by atoms with E-state index >= 15 is 0 Å². The molecular weight excluding hydrogens is 358 g/mol. The maximum atomic E-state index is 12.4. The molecule has 1 atom stereocenters. The van der Waals surface area contributed by atoms with Crippen LogP contribution >= 0.6 is 0 Å². The highest BCUT2D eigenvalue weighted by Crippen LogP contribution is 2.18. The number of hydrogen-bond acceptors (Lipinski definition) is 6. The summed E-state index contributed by atoms with van der Waals surface area (Å²) < 4.78 is 11.1.